The molecular weight excluding hydrogens is 230 g/mol. The Morgan fingerprint density at radius 3 is 2.83 bits per heavy atom. The van der Waals surface area contributed by atoms with Gasteiger partial charge in [-0.05, 0) is 19.9 Å². The van der Waals surface area contributed by atoms with Gasteiger partial charge in [0.2, 0.25) is 0 Å². The summed E-state index contributed by atoms with van der Waals surface area (Å²) in [7, 11) is 1.88. The third-order valence-corrected chi connectivity index (χ3v) is 2.81. The summed E-state index contributed by atoms with van der Waals surface area (Å²) in [5.74, 6) is -0.127. The highest BCUT2D eigenvalue weighted by molar-refractivity contribution is 5.93. The second kappa shape index (κ2) is 5.03. The van der Waals surface area contributed by atoms with Crippen molar-refractivity contribution < 1.29 is 4.79 Å². The minimum atomic E-state index is -0.127. The predicted octanol–water partition coefficient (Wildman–Crippen LogP) is 0.875. The fourth-order valence-corrected chi connectivity index (χ4v) is 1.65. The number of carbonyl (C=O) groups excluding carboxylic acids is 1. The maximum absolute atomic E-state index is 11.8. The van der Waals surface area contributed by atoms with E-state index in [9.17, 15) is 4.79 Å². The molecule has 96 valence electrons. The summed E-state index contributed by atoms with van der Waals surface area (Å²) in [4.78, 5) is 11.8. The van der Waals surface area contributed by atoms with Gasteiger partial charge in [-0.15, -0.1) is 0 Å². The SMILES string of the molecule is CCn1cc(C(=O)NCc2cc(C)n(C)n2)cn1. The molecule has 0 bridgehead atoms. The maximum atomic E-state index is 11.8. The van der Waals surface area contributed by atoms with Crippen LogP contribution in [0.15, 0.2) is 18.5 Å². The van der Waals surface area contributed by atoms with Gasteiger partial charge in [0.15, 0.2) is 0 Å². The van der Waals surface area contributed by atoms with Crippen LogP contribution in [0.5, 0.6) is 0 Å². The summed E-state index contributed by atoms with van der Waals surface area (Å²) in [6.45, 7) is 5.14. The molecule has 0 saturated heterocycles. The van der Waals surface area contributed by atoms with E-state index in [0.29, 0.717) is 12.1 Å². The number of amides is 1. The van der Waals surface area contributed by atoms with E-state index in [4.69, 9.17) is 0 Å². The smallest absolute Gasteiger partial charge is 0.254 e. The van der Waals surface area contributed by atoms with Gasteiger partial charge in [-0.25, -0.2) is 0 Å². The zero-order valence-corrected chi connectivity index (χ0v) is 10.8. The quantitative estimate of drug-likeness (QED) is 0.872. The van der Waals surface area contributed by atoms with Crippen molar-refractivity contribution in [3.63, 3.8) is 0 Å². The van der Waals surface area contributed by atoms with Crippen LogP contribution < -0.4 is 5.32 Å². The summed E-state index contributed by atoms with van der Waals surface area (Å²) < 4.78 is 3.51. The first-order chi connectivity index (χ1) is 8.60. The summed E-state index contributed by atoms with van der Waals surface area (Å²) in [5, 5.41) is 11.2. The monoisotopic (exact) mass is 247 g/mol. The third kappa shape index (κ3) is 2.58. The molecule has 0 unspecified atom stereocenters. The van der Waals surface area contributed by atoms with Crippen molar-refractivity contribution >= 4 is 5.91 Å². The van der Waals surface area contributed by atoms with Gasteiger partial charge in [0.1, 0.15) is 0 Å². The topological polar surface area (TPSA) is 64.7 Å². The minimum absolute atomic E-state index is 0.127. The van der Waals surface area contributed by atoms with Crippen molar-refractivity contribution in [3.05, 3.63) is 35.4 Å². The number of nitrogens with one attached hydrogen (secondary N) is 1. The van der Waals surface area contributed by atoms with Gasteiger partial charge in [0, 0.05) is 25.5 Å². The Labute approximate surface area is 106 Å². The van der Waals surface area contributed by atoms with E-state index >= 15 is 0 Å². The molecule has 6 nitrogen and oxygen atoms in total. The molecule has 0 spiro atoms. The highest BCUT2D eigenvalue weighted by atomic mass is 16.1. The van der Waals surface area contributed by atoms with Gasteiger partial charge in [-0.1, -0.05) is 0 Å². The molecule has 0 atom stereocenters. The minimum Gasteiger partial charge on any atom is -0.346 e. The number of rotatable bonds is 4. The average Bonchev–Trinajstić information content (AvgIpc) is 2.94. The molecule has 0 radical (unpaired) electrons. The van der Waals surface area contributed by atoms with E-state index in [-0.39, 0.29) is 5.91 Å². The van der Waals surface area contributed by atoms with Gasteiger partial charge >= 0.3 is 0 Å². The van der Waals surface area contributed by atoms with E-state index in [1.807, 2.05) is 27.0 Å². The maximum Gasteiger partial charge on any atom is 0.254 e. The lowest BCUT2D eigenvalue weighted by Gasteiger charge is -2.00. The Bertz CT molecular complexity index is 535. The van der Waals surface area contributed by atoms with E-state index in [1.165, 1.54) is 0 Å². The first-order valence-corrected chi connectivity index (χ1v) is 5.90. The number of hydrogen-bond donors (Lipinski definition) is 1. The van der Waals surface area contributed by atoms with Crippen LogP contribution in [0.1, 0.15) is 28.7 Å². The van der Waals surface area contributed by atoms with Gasteiger partial charge in [0.25, 0.3) is 5.91 Å². The fraction of sp³-hybridized carbons (Fsp3) is 0.417. The van der Waals surface area contributed by atoms with E-state index < -0.39 is 0 Å². The molecule has 0 aliphatic carbocycles. The van der Waals surface area contributed by atoms with Crippen molar-refractivity contribution in [3.8, 4) is 0 Å². The van der Waals surface area contributed by atoms with Crippen LogP contribution in [0, 0.1) is 6.92 Å². The van der Waals surface area contributed by atoms with Gasteiger partial charge in [0.05, 0.1) is 24.0 Å². The Hall–Kier alpha value is -2.11. The second-order valence-corrected chi connectivity index (χ2v) is 4.17. The molecule has 6 heteroatoms. The Morgan fingerprint density at radius 1 is 1.50 bits per heavy atom. The van der Waals surface area contributed by atoms with E-state index in [0.717, 1.165) is 17.9 Å². The molecule has 2 aromatic rings. The number of nitrogens with zero attached hydrogens (tertiary/aromatic N) is 4. The highest BCUT2D eigenvalue weighted by Gasteiger charge is 2.09. The molecule has 2 rings (SSSR count). The molecule has 0 aliphatic rings. The molecule has 18 heavy (non-hydrogen) atoms. The zero-order valence-electron chi connectivity index (χ0n) is 10.8. The predicted molar refractivity (Wildman–Crippen MR) is 67.0 cm³/mol. The van der Waals surface area contributed by atoms with Crippen LogP contribution in [-0.2, 0) is 20.1 Å². The van der Waals surface area contributed by atoms with Crippen molar-refractivity contribution in [2.24, 2.45) is 7.05 Å². The molecule has 0 aliphatic heterocycles. The lowest BCUT2D eigenvalue weighted by atomic mass is 10.3. The van der Waals surface area contributed by atoms with E-state index in [1.54, 1.807) is 21.8 Å². The van der Waals surface area contributed by atoms with Gasteiger partial charge in [-0.2, -0.15) is 10.2 Å². The Morgan fingerprint density at radius 2 is 2.28 bits per heavy atom. The second-order valence-electron chi connectivity index (χ2n) is 4.17. The first kappa shape index (κ1) is 12.3. The molecule has 0 aromatic carbocycles. The van der Waals surface area contributed by atoms with Crippen molar-refractivity contribution in [2.75, 3.05) is 0 Å². The summed E-state index contributed by atoms with van der Waals surface area (Å²) >= 11 is 0. The average molecular weight is 247 g/mol. The highest BCUT2D eigenvalue weighted by Crippen LogP contribution is 2.02. The molecule has 1 amide bonds. The molecule has 2 aromatic heterocycles. The summed E-state index contributed by atoms with van der Waals surface area (Å²) in [6.07, 6.45) is 3.31. The first-order valence-electron chi connectivity index (χ1n) is 5.90. The number of carbonyl (C=O) groups is 1. The van der Waals surface area contributed by atoms with Crippen LogP contribution in [0.2, 0.25) is 0 Å². The van der Waals surface area contributed by atoms with E-state index in [2.05, 4.69) is 15.5 Å². The lowest BCUT2D eigenvalue weighted by molar-refractivity contribution is 0.0950. The van der Waals surface area contributed by atoms with Crippen LogP contribution >= 0.6 is 0 Å². The molecular formula is C12H17N5O. The normalized spacial score (nSPS) is 10.6. The van der Waals surface area contributed by atoms with Crippen molar-refractivity contribution in [2.45, 2.75) is 26.9 Å². The summed E-state index contributed by atoms with van der Waals surface area (Å²) in [6, 6.07) is 1.95. The number of aromatic nitrogens is 4. The third-order valence-electron chi connectivity index (χ3n) is 2.81. The zero-order chi connectivity index (χ0) is 13.1. The number of hydrogen-bond acceptors (Lipinski definition) is 3. The van der Waals surface area contributed by atoms with Crippen molar-refractivity contribution in [1.29, 1.82) is 0 Å². The van der Waals surface area contributed by atoms with Gasteiger partial charge in [-0.3, -0.25) is 14.2 Å². The Balaban J connectivity index is 1.95. The van der Waals surface area contributed by atoms with Crippen LogP contribution in [-0.4, -0.2) is 25.5 Å². The van der Waals surface area contributed by atoms with Crippen LogP contribution in [0.3, 0.4) is 0 Å². The molecule has 0 fully saturated rings. The standard InChI is InChI=1S/C12H17N5O/c1-4-17-8-10(6-14-17)12(18)13-7-11-5-9(2)16(3)15-11/h5-6,8H,4,7H2,1-3H3,(H,13,18). The molecule has 2 heterocycles. The van der Waals surface area contributed by atoms with Crippen LogP contribution in [0.25, 0.3) is 0 Å². The Kier molecular flexibility index (Phi) is 3.45. The largest absolute Gasteiger partial charge is 0.346 e. The fourth-order valence-electron chi connectivity index (χ4n) is 1.65. The number of aryl methyl sites for hydroxylation is 3. The van der Waals surface area contributed by atoms with Gasteiger partial charge < -0.3 is 5.32 Å². The lowest BCUT2D eigenvalue weighted by Crippen LogP contribution is -2.22. The van der Waals surface area contributed by atoms with Crippen molar-refractivity contribution in [1.82, 2.24) is 24.9 Å². The molecule has 0 saturated carbocycles. The summed E-state index contributed by atoms with van der Waals surface area (Å²) in [5.41, 5.74) is 2.49. The molecule has 1 N–H and O–H groups in total. The van der Waals surface area contributed by atoms with Crippen LogP contribution in [0.4, 0.5) is 0 Å².